The fourth-order valence-corrected chi connectivity index (χ4v) is 3.70. The van der Waals surface area contributed by atoms with E-state index in [-0.39, 0.29) is 24.0 Å². The third-order valence-corrected chi connectivity index (χ3v) is 5.00. The number of nitrogens with zero attached hydrogens (tertiary/aromatic N) is 2. The predicted molar refractivity (Wildman–Crippen MR) is 91.4 cm³/mol. The zero-order chi connectivity index (χ0) is 18.3. The first-order valence-corrected chi connectivity index (χ1v) is 8.60. The first kappa shape index (κ1) is 16.7. The molecule has 2 atom stereocenters. The molecule has 26 heavy (non-hydrogen) atoms. The van der Waals surface area contributed by atoms with Crippen molar-refractivity contribution in [2.24, 2.45) is 5.92 Å². The summed E-state index contributed by atoms with van der Waals surface area (Å²) in [5, 5.41) is 16.1. The van der Waals surface area contributed by atoms with Gasteiger partial charge in [0.15, 0.2) is 5.69 Å². The van der Waals surface area contributed by atoms with Crippen LogP contribution in [-0.2, 0) is 13.1 Å². The number of aromatic hydroxyl groups is 1. The van der Waals surface area contributed by atoms with E-state index in [1.165, 1.54) is 16.7 Å². The molecule has 2 aliphatic heterocycles. The lowest BCUT2D eigenvalue weighted by Gasteiger charge is -2.36. The molecular weight excluding hydrogens is 339 g/mol. The van der Waals surface area contributed by atoms with E-state index >= 15 is 0 Å². The second-order valence-corrected chi connectivity index (χ2v) is 6.85. The van der Waals surface area contributed by atoms with Crippen molar-refractivity contribution in [3.8, 4) is 5.75 Å². The Morgan fingerprint density at radius 1 is 1.35 bits per heavy atom. The molecule has 1 fully saturated rings. The van der Waals surface area contributed by atoms with Crippen molar-refractivity contribution in [1.29, 1.82) is 0 Å². The van der Waals surface area contributed by atoms with Gasteiger partial charge in [-0.1, -0.05) is 12.1 Å². The summed E-state index contributed by atoms with van der Waals surface area (Å²) in [4.78, 5) is 29.3. The molecule has 3 N–H and O–H groups in total. The Kier molecular flexibility index (Phi) is 4.20. The number of fused-ring (bicyclic) bond motifs is 4. The van der Waals surface area contributed by atoms with Gasteiger partial charge in [0, 0.05) is 25.6 Å². The summed E-state index contributed by atoms with van der Waals surface area (Å²) in [6.45, 7) is 2.18. The number of nitrogens with one attached hydrogen (secondary N) is 2. The normalized spacial score (nSPS) is 21.1. The van der Waals surface area contributed by atoms with E-state index in [0.717, 1.165) is 13.0 Å². The number of hydrogen-bond donors (Lipinski definition) is 3. The molecule has 7 nitrogen and oxygen atoms in total. The minimum atomic E-state index is -0.627. The van der Waals surface area contributed by atoms with Gasteiger partial charge in [0.25, 0.3) is 11.5 Å². The highest BCUT2D eigenvalue weighted by atomic mass is 19.1. The highest BCUT2D eigenvalue weighted by molar-refractivity contribution is 5.94. The molecule has 2 aromatic rings. The maximum Gasteiger partial charge on any atom is 0.296 e. The van der Waals surface area contributed by atoms with Crippen molar-refractivity contribution in [1.82, 2.24) is 20.2 Å². The molecule has 0 saturated carbocycles. The number of carbonyl (C=O) groups is 1. The van der Waals surface area contributed by atoms with Crippen molar-refractivity contribution < 1.29 is 14.3 Å². The van der Waals surface area contributed by atoms with Gasteiger partial charge < -0.3 is 15.7 Å². The highest BCUT2D eigenvalue weighted by Crippen LogP contribution is 2.31. The van der Waals surface area contributed by atoms with Crippen molar-refractivity contribution in [3.05, 3.63) is 57.5 Å². The summed E-state index contributed by atoms with van der Waals surface area (Å²) in [5.41, 5.74) is -0.126. The molecule has 1 aromatic heterocycles. The van der Waals surface area contributed by atoms with Gasteiger partial charge in [0.05, 0.1) is 0 Å². The Hall–Kier alpha value is -2.74. The SMILES string of the molecule is O=C(NCc1ccc(F)cc1)c1nc2n(c(=O)c1O)C[C@H]1CNC[C@H]2C1. The van der Waals surface area contributed by atoms with Gasteiger partial charge in [-0.2, -0.15) is 0 Å². The molecule has 0 aliphatic carbocycles. The zero-order valence-corrected chi connectivity index (χ0v) is 14.0. The number of benzene rings is 1. The number of hydrogen-bond acceptors (Lipinski definition) is 5. The number of carbonyl (C=O) groups excluding carboxylic acids is 1. The highest BCUT2D eigenvalue weighted by Gasteiger charge is 2.34. The largest absolute Gasteiger partial charge is 0.501 e. The van der Waals surface area contributed by atoms with Crippen LogP contribution in [-0.4, -0.2) is 33.7 Å². The first-order valence-electron chi connectivity index (χ1n) is 8.60. The van der Waals surface area contributed by atoms with Crippen molar-refractivity contribution in [2.75, 3.05) is 13.1 Å². The molecule has 3 heterocycles. The topological polar surface area (TPSA) is 96.2 Å². The zero-order valence-electron chi connectivity index (χ0n) is 14.0. The van der Waals surface area contributed by atoms with Crippen LogP contribution in [0, 0.1) is 11.7 Å². The molecule has 8 heteroatoms. The fourth-order valence-electron chi connectivity index (χ4n) is 3.70. The van der Waals surface area contributed by atoms with E-state index in [0.29, 0.717) is 30.4 Å². The fraction of sp³-hybridized carbons (Fsp3) is 0.389. The molecule has 136 valence electrons. The van der Waals surface area contributed by atoms with Gasteiger partial charge >= 0.3 is 0 Å². The van der Waals surface area contributed by atoms with Gasteiger partial charge in [0.2, 0.25) is 5.75 Å². The van der Waals surface area contributed by atoms with Crippen LogP contribution in [0.5, 0.6) is 5.75 Å². The van der Waals surface area contributed by atoms with Crippen LogP contribution in [0.3, 0.4) is 0 Å². The van der Waals surface area contributed by atoms with Crippen LogP contribution in [0.15, 0.2) is 29.1 Å². The molecule has 1 amide bonds. The quantitative estimate of drug-likeness (QED) is 0.752. The van der Waals surface area contributed by atoms with Gasteiger partial charge in [-0.25, -0.2) is 9.37 Å². The summed E-state index contributed by atoms with van der Waals surface area (Å²) in [6.07, 6.45) is 0.918. The molecule has 1 saturated heterocycles. The lowest BCUT2D eigenvalue weighted by atomic mass is 9.86. The number of aromatic nitrogens is 2. The van der Waals surface area contributed by atoms with E-state index in [1.54, 1.807) is 12.1 Å². The van der Waals surface area contributed by atoms with Crippen LogP contribution < -0.4 is 16.2 Å². The molecule has 2 bridgehead atoms. The summed E-state index contributed by atoms with van der Waals surface area (Å²) in [7, 11) is 0. The Morgan fingerprint density at radius 3 is 2.88 bits per heavy atom. The second kappa shape index (κ2) is 6.53. The average Bonchev–Trinajstić information content (AvgIpc) is 2.65. The predicted octanol–water partition coefficient (Wildman–Crippen LogP) is 0.725. The minimum absolute atomic E-state index is 0.0550. The number of amides is 1. The lowest BCUT2D eigenvalue weighted by molar-refractivity contribution is 0.0940. The van der Waals surface area contributed by atoms with Gasteiger partial charge in [-0.3, -0.25) is 14.2 Å². The molecule has 1 aromatic carbocycles. The van der Waals surface area contributed by atoms with Crippen LogP contribution >= 0.6 is 0 Å². The molecular formula is C18H19FN4O3. The third-order valence-electron chi connectivity index (χ3n) is 5.00. The molecule has 4 rings (SSSR count). The maximum absolute atomic E-state index is 12.9. The van der Waals surface area contributed by atoms with E-state index < -0.39 is 17.2 Å². The summed E-state index contributed by atoms with van der Waals surface area (Å²) in [6, 6.07) is 5.71. The minimum Gasteiger partial charge on any atom is -0.501 e. The van der Waals surface area contributed by atoms with Crippen LogP contribution in [0.2, 0.25) is 0 Å². The van der Waals surface area contributed by atoms with Crippen molar-refractivity contribution in [2.45, 2.75) is 25.4 Å². The number of rotatable bonds is 3. The van der Waals surface area contributed by atoms with Crippen molar-refractivity contribution >= 4 is 5.91 Å². The maximum atomic E-state index is 12.9. The lowest BCUT2D eigenvalue weighted by Crippen LogP contribution is -2.46. The summed E-state index contributed by atoms with van der Waals surface area (Å²) < 4.78 is 14.4. The van der Waals surface area contributed by atoms with Crippen LogP contribution in [0.1, 0.15) is 34.2 Å². The average molecular weight is 358 g/mol. The van der Waals surface area contributed by atoms with Gasteiger partial charge in [-0.05, 0) is 36.6 Å². The van der Waals surface area contributed by atoms with E-state index in [9.17, 15) is 19.1 Å². The monoisotopic (exact) mass is 358 g/mol. The first-order chi connectivity index (χ1) is 12.5. The van der Waals surface area contributed by atoms with E-state index in [4.69, 9.17) is 0 Å². The Morgan fingerprint density at radius 2 is 2.12 bits per heavy atom. The van der Waals surface area contributed by atoms with Gasteiger partial charge in [0.1, 0.15) is 11.6 Å². The third kappa shape index (κ3) is 2.96. The van der Waals surface area contributed by atoms with Crippen LogP contribution in [0.25, 0.3) is 0 Å². The Balaban J connectivity index is 1.60. The second-order valence-electron chi connectivity index (χ2n) is 6.85. The van der Waals surface area contributed by atoms with Gasteiger partial charge in [-0.15, -0.1) is 0 Å². The molecule has 2 aliphatic rings. The number of halogens is 1. The summed E-state index contributed by atoms with van der Waals surface area (Å²) in [5.74, 6) is -0.682. The summed E-state index contributed by atoms with van der Waals surface area (Å²) >= 11 is 0. The Labute approximate surface area is 148 Å². The Bertz CT molecular complexity index is 910. The van der Waals surface area contributed by atoms with E-state index in [2.05, 4.69) is 15.6 Å². The van der Waals surface area contributed by atoms with Crippen molar-refractivity contribution in [3.63, 3.8) is 0 Å². The molecule has 0 spiro atoms. The smallest absolute Gasteiger partial charge is 0.296 e. The standard InChI is InChI=1S/C18H19FN4O3/c19-13-3-1-10(2-4-13)7-21-17(25)14-15(24)18(26)23-9-11-5-12(8-20-6-11)16(23)22-14/h1-4,11-12,20,24H,5-9H2,(H,21,25)/t11-,12-/m1/s1. The van der Waals surface area contributed by atoms with E-state index in [1.807, 2.05) is 0 Å². The molecule has 0 radical (unpaired) electrons. The number of piperidine rings is 1. The van der Waals surface area contributed by atoms with Crippen LogP contribution in [0.4, 0.5) is 4.39 Å². The molecule has 0 unspecified atom stereocenters.